The molecule has 2 N–H and O–H groups in total. The highest BCUT2D eigenvalue weighted by atomic mass is 32.1. The zero-order valence-corrected chi connectivity index (χ0v) is 12.7. The van der Waals surface area contributed by atoms with Crippen LogP contribution < -0.4 is 10.5 Å². The Morgan fingerprint density at radius 2 is 1.95 bits per heavy atom. The van der Waals surface area contributed by atoms with E-state index in [9.17, 15) is 0 Å². The summed E-state index contributed by atoms with van der Waals surface area (Å²) >= 11 is 1.40. The van der Waals surface area contributed by atoms with E-state index in [1.807, 2.05) is 6.07 Å². The molecule has 7 heteroatoms. The molecule has 2 heterocycles. The van der Waals surface area contributed by atoms with Crippen molar-refractivity contribution in [1.29, 1.82) is 0 Å². The van der Waals surface area contributed by atoms with Gasteiger partial charge in [0, 0.05) is 19.5 Å². The number of hydrogen-bond donors (Lipinski definition) is 1. The molecule has 1 aliphatic rings. The van der Waals surface area contributed by atoms with Crippen molar-refractivity contribution in [2.24, 2.45) is 0 Å². The second-order valence-corrected chi connectivity index (χ2v) is 6.10. The Labute approximate surface area is 127 Å². The Bertz CT molecular complexity index is 596. The number of methoxy groups -OCH3 is 1. The minimum absolute atomic E-state index is 0.165. The number of nitrogens with zero attached hydrogens (tertiary/aromatic N) is 3. The number of hydrogen-bond acceptors (Lipinski definition) is 7. The third-order valence-electron chi connectivity index (χ3n) is 3.64. The van der Waals surface area contributed by atoms with E-state index in [-0.39, 0.29) is 6.10 Å². The summed E-state index contributed by atoms with van der Waals surface area (Å²) < 4.78 is 11.3. The second-order valence-electron chi connectivity index (χ2n) is 5.04. The molecule has 0 saturated heterocycles. The van der Waals surface area contributed by atoms with E-state index < -0.39 is 0 Å². The molecule has 0 unspecified atom stereocenters. The van der Waals surface area contributed by atoms with E-state index >= 15 is 0 Å². The maximum atomic E-state index is 5.89. The number of thiazole rings is 1. The van der Waals surface area contributed by atoms with Crippen LogP contribution in [0.3, 0.4) is 0 Å². The van der Waals surface area contributed by atoms with Gasteiger partial charge in [0.2, 0.25) is 0 Å². The minimum atomic E-state index is 0.165. The average Bonchev–Trinajstić information content (AvgIpc) is 2.95. The summed E-state index contributed by atoms with van der Waals surface area (Å²) in [5.74, 6) is 0. The van der Waals surface area contributed by atoms with Gasteiger partial charge in [0.25, 0.3) is 0 Å². The topological polar surface area (TPSA) is 83.2 Å². The molecule has 1 aliphatic carbocycles. The van der Waals surface area contributed by atoms with Crippen LogP contribution in [-0.2, 0) is 4.74 Å². The Hall–Kier alpha value is -1.73. The number of nitrogens with two attached hydrogens (primary N) is 1. The monoisotopic (exact) mass is 306 g/mol. The Balaban J connectivity index is 1.66. The lowest BCUT2D eigenvalue weighted by Gasteiger charge is -2.27. The van der Waals surface area contributed by atoms with Crippen molar-refractivity contribution in [2.75, 3.05) is 12.8 Å². The molecule has 0 aromatic carbocycles. The molecule has 112 valence electrons. The maximum absolute atomic E-state index is 5.89. The summed E-state index contributed by atoms with van der Waals surface area (Å²) in [7, 11) is 1.76. The number of aromatic nitrogens is 3. The van der Waals surface area contributed by atoms with E-state index in [1.54, 1.807) is 19.5 Å². The highest BCUT2D eigenvalue weighted by Crippen LogP contribution is 2.28. The molecule has 0 aliphatic heterocycles. The molecule has 6 nitrogen and oxygen atoms in total. The van der Waals surface area contributed by atoms with Crippen LogP contribution in [0.1, 0.15) is 25.7 Å². The van der Waals surface area contributed by atoms with E-state index in [4.69, 9.17) is 15.2 Å². The molecule has 2 aromatic heterocycles. The van der Waals surface area contributed by atoms with Gasteiger partial charge in [-0.2, -0.15) is 4.98 Å². The van der Waals surface area contributed by atoms with Crippen LogP contribution in [-0.4, -0.2) is 34.3 Å². The third kappa shape index (κ3) is 3.48. The van der Waals surface area contributed by atoms with Gasteiger partial charge < -0.3 is 15.2 Å². The first-order valence-corrected chi connectivity index (χ1v) is 7.80. The molecule has 0 spiro atoms. The van der Waals surface area contributed by atoms with Gasteiger partial charge in [-0.1, -0.05) is 11.3 Å². The lowest BCUT2D eigenvalue weighted by molar-refractivity contribution is 0.0300. The summed E-state index contributed by atoms with van der Waals surface area (Å²) in [5, 5.41) is 0.531. The molecule has 1 saturated carbocycles. The van der Waals surface area contributed by atoms with Crippen LogP contribution in [0.15, 0.2) is 18.5 Å². The third-order valence-corrected chi connectivity index (χ3v) is 4.49. The van der Waals surface area contributed by atoms with Gasteiger partial charge in [-0.25, -0.2) is 9.97 Å². The maximum Gasteiger partial charge on any atom is 0.317 e. The fourth-order valence-electron chi connectivity index (χ4n) is 2.48. The van der Waals surface area contributed by atoms with Crippen LogP contribution in [0.4, 0.5) is 5.13 Å². The molecular weight excluding hydrogens is 288 g/mol. The van der Waals surface area contributed by atoms with E-state index in [1.165, 1.54) is 11.3 Å². The van der Waals surface area contributed by atoms with Gasteiger partial charge in [-0.15, -0.1) is 0 Å². The molecule has 3 rings (SSSR count). The molecule has 0 radical (unpaired) electrons. The largest absolute Gasteiger partial charge is 0.460 e. The van der Waals surface area contributed by atoms with Gasteiger partial charge in [0.05, 0.1) is 16.7 Å². The Morgan fingerprint density at radius 3 is 2.62 bits per heavy atom. The van der Waals surface area contributed by atoms with Crippen molar-refractivity contribution < 1.29 is 9.47 Å². The van der Waals surface area contributed by atoms with E-state index in [2.05, 4.69) is 15.0 Å². The zero-order valence-electron chi connectivity index (χ0n) is 11.9. The highest BCUT2D eigenvalue weighted by molar-refractivity contribution is 7.18. The van der Waals surface area contributed by atoms with Gasteiger partial charge in [-0.3, -0.25) is 0 Å². The van der Waals surface area contributed by atoms with Gasteiger partial charge in [-0.05, 0) is 31.7 Å². The molecule has 1 fully saturated rings. The smallest absolute Gasteiger partial charge is 0.317 e. The molecule has 0 atom stereocenters. The van der Waals surface area contributed by atoms with E-state index in [0.717, 1.165) is 36.3 Å². The molecule has 0 bridgehead atoms. The first-order chi connectivity index (χ1) is 10.2. The number of ether oxygens (including phenoxy) is 2. The molecular formula is C14H18N4O2S. The van der Waals surface area contributed by atoms with Crippen molar-refractivity contribution in [3.05, 3.63) is 18.5 Å². The van der Waals surface area contributed by atoms with Crippen LogP contribution in [0.2, 0.25) is 0 Å². The van der Waals surface area contributed by atoms with E-state index in [0.29, 0.717) is 17.2 Å². The predicted molar refractivity (Wildman–Crippen MR) is 81.2 cm³/mol. The summed E-state index contributed by atoms with van der Waals surface area (Å²) in [6, 6.07) is 2.25. The van der Waals surface area contributed by atoms with Crippen LogP contribution in [0.25, 0.3) is 10.6 Å². The first-order valence-electron chi connectivity index (χ1n) is 6.99. The number of rotatable bonds is 4. The lowest BCUT2D eigenvalue weighted by Crippen LogP contribution is -2.28. The number of anilines is 1. The zero-order chi connectivity index (χ0) is 14.7. The number of nitrogen functional groups attached to an aromatic ring is 1. The van der Waals surface area contributed by atoms with Crippen molar-refractivity contribution in [1.82, 2.24) is 15.0 Å². The predicted octanol–water partition coefficient (Wildman–Crippen LogP) is 2.52. The average molecular weight is 306 g/mol. The first kappa shape index (κ1) is 14.2. The molecule has 2 aromatic rings. The molecule has 21 heavy (non-hydrogen) atoms. The van der Waals surface area contributed by atoms with Gasteiger partial charge in [0.1, 0.15) is 6.10 Å². The van der Waals surface area contributed by atoms with Crippen LogP contribution in [0.5, 0.6) is 6.01 Å². The molecule has 0 amide bonds. The van der Waals surface area contributed by atoms with Gasteiger partial charge in [0.15, 0.2) is 5.13 Å². The standard InChI is InChI=1S/C14H18N4O2S/c1-19-9-2-4-10(5-3-9)20-14-16-7-6-11(18-14)12-8-17-13(15)21-12/h6-10H,2-5H2,1H3,(H2,15,17). The SMILES string of the molecule is COC1CCC(Oc2nccc(-c3cnc(N)s3)n2)CC1. The summed E-state index contributed by atoms with van der Waals surface area (Å²) in [5.41, 5.74) is 6.44. The second kappa shape index (κ2) is 6.36. The summed E-state index contributed by atoms with van der Waals surface area (Å²) in [4.78, 5) is 13.6. The Morgan fingerprint density at radius 1 is 1.19 bits per heavy atom. The minimum Gasteiger partial charge on any atom is -0.460 e. The van der Waals surface area contributed by atoms with Crippen LogP contribution in [0, 0.1) is 0 Å². The lowest BCUT2D eigenvalue weighted by atomic mass is 9.95. The highest BCUT2D eigenvalue weighted by Gasteiger charge is 2.22. The quantitative estimate of drug-likeness (QED) is 0.934. The van der Waals surface area contributed by atoms with Crippen molar-refractivity contribution in [3.63, 3.8) is 0 Å². The van der Waals surface area contributed by atoms with Crippen LogP contribution >= 0.6 is 11.3 Å². The van der Waals surface area contributed by atoms with Crippen molar-refractivity contribution in [2.45, 2.75) is 37.9 Å². The fraction of sp³-hybridized carbons (Fsp3) is 0.500. The summed E-state index contributed by atoms with van der Waals surface area (Å²) in [6.45, 7) is 0. The fourth-order valence-corrected chi connectivity index (χ4v) is 3.13. The van der Waals surface area contributed by atoms with Crippen molar-refractivity contribution >= 4 is 16.5 Å². The Kier molecular flexibility index (Phi) is 4.31. The normalized spacial score (nSPS) is 22.1. The van der Waals surface area contributed by atoms with Gasteiger partial charge >= 0.3 is 6.01 Å². The summed E-state index contributed by atoms with van der Waals surface area (Å²) in [6.07, 6.45) is 7.93. The van der Waals surface area contributed by atoms with Crippen molar-refractivity contribution in [3.8, 4) is 16.6 Å².